The van der Waals surface area contributed by atoms with Gasteiger partial charge >= 0.3 is 0 Å². The molecule has 3 nitrogen and oxygen atoms in total. The van der Waals surface area contributed by atoms with Crippen LogP contribution in [-0.2, 0) is 0 Å². The minimum absolute atomic E-state index is 0.0191. The van der Waals surface area contributed by atoms with E-state index in [1.807, 2.05) is 54.6 Å². The number of carbonyl (C=O) groups excluding carboxylic acids is 1. The summed E-state index contributed by atoms with van der Waals surface area (Å²) in [4.78, 5) is 12.1. The van der Waals surface area contributed by atoms with Crippen LogP contribution in [0.4, 0.5) is 0 Å². The predicted molar refractivity (Wildman–Crippen MR) is 97.3 cm³/mol. The van der Waals surface area contributed by atoms with Crippen LogP contribution in [0.1, 0.15) is 41.6 Å². The number of rotatable bonds is 10. The molecule has 0 saturated carbocycles. The molecular weight excluding hydrogens is 300 g/mol. The zero-order valence-electron chi connectivity index (χ0n) is 13.9. The molecule has 2 aromatic rings. The standard InChI is InChI=1S/C21H24O3/c22-16-8-1-2-9-17-24-21-13-7-6-12-19(21)14-15-20(23)18-10-4-3-5-11-18/h3-7,10-15,22H,1-2,8-9,16-17H2/b15-14+. The molecule has 0 fully saturated rings. The Morgan fingerprint density at radius 1 is 0.917 bits per heavy atom. The highest BCUT2D eigenvalue weighted by Gasteiger charge is 2.03. The third kappa shape index (κ3) is 6.01. The van der Waals surface area contributed by atoms with Gasteiger partial charge < -0.3 is 9.84 Å². The van der Waals surface area contributed by atoms with E-state index in [2.05, 4.69) is 0 Å². The molecule has 0 unspecified atom stereocenters. The lowest BCUT2D eigenvalue weighted by atomic mass is 10.1. The average molecular weight is 324 g/mol. The fourth-order valence-electron chi connectivity index (χ4n) is 2.36. The van der Waals surface area contributed by atoms with Gasteiger partial charge in [0.05, 0.1) is 6.61 Å². The van der Waals surface area contributed by atoms with E-state index >= 15 is 0 Å². The van der Waals surface area contributed by atoms with Gasteiger partial charge in [-0.1, -0.05) is 55.0 Å². The Kier molecular flexibility index (Phi) is 7.78. The molecule has 0 heterocycles. The number of ether oxygens (including phenoxy) is 1. The van der Waals surface area contributed by atoms with Crippen molar-refractivity contribution in [2.45, 2.75) is 25.7 Å². The first-order valence-corrected chi connectivity index (χ1v) is 8.41. The molecule has 0 aliphatic carbocycles. The molecule has 0 saturated heterocycles. The third-order valence-electron chi connectivity index (χ3n) is 3.70. The number of carbonyl (C=O) groups is 1. The van der Waals surface area contributed by atoms with Gasteiger partial charge in [0, 0.05) is 17.7 Å². The average Bonchev–Trinajstić information content (AvgIpc) is 2.64. The number of benzene rings is 2. The molecule has 24 heavy (non-hydrogen) atoms. The summed E-state index contributed by atoms with van der Waals surface area (Å²) >= 11 is 0. The highest BCUT2D eigenvalue weighted by molar-refractivity contribution is 6.06. The van der Waals surface area contributed by atoms with Gasteiger partial charge in [0.1, 0.15) is 5.75 Å². The number of hydrogen-bond donors (Lipinski definition) is 1. The Morgan fingerprint density at radius 2 is 1.62 bits per heavy atom. The molecule has 3 heteroatoms. The van der Waals surface area contributed by atoms with Crippen LogP contribution in [0.2, 0.25) is 0 Å². The Balaban J connectivity index is 1.91. The van der Waals surface area contributed by atoms with E-state index in [4.69, 9.17) is 9.84 Å². The normalized spacial score (nSPS) is 10.9. The van der Waals surface area contributed by atoms with Crippen LogP contribution in [-0.4, -0.2) is 24.1 Å². The van der Waals surface area contributed by atoms with Crippen molar-refractivity contribution in [2.24, 2.45) is 0 Å². The number of para-hydroxylation sites is 1. The molecule has 2 rings (SSSR count). The summed E-state index contributed by atoms with van der Waals surface area (Å²) in [5.74, 6) is 0.770. The highest BCUT2D eigenvalue weighted by Crippen LogP contribution is 2.20. The molecule has 0 aliphatic heterocycles. The predicted octanol–water partition coefficient (Wildman–Crippen LogP) is 4.51. The molecule has 126 valence electrons. The number of aliphatic hydroxyl groups excluding tert-OH is 1. The quantitative estimate of drug-likeness (QED) is 0.397. The lowest BCUT2D eigenvalue weighted by molar-refractivity contribution is 0.104. The fourth-order valence-corrected chi connectivity index (χ4v) is 2.36. The van der Waals surface area contributed by atoms with Crippen LogP contribution >= 0.6 is 0 Å². The minimum atomic E-state index is -0.0191. The largest absolute Gasteiger partial charge is 0.493 e. The van der Waals surface area contributed by atoms with Gasteiger partial charge in [-0.15, -0.1) is 0 Å². The second kappa shape index (κ2) is 10.4. The van der Waals surface area contributed by atoms with Crippen molar-refractivity contribution < 1.29 is 14.6 Å². The van der Waals surface area contributed by atoms with Gasteiger partial charge in [0.15, 0.2) is 5.78 Å². The maximum absolute atomic E-state index is 12.1. The summed E-state index contributed by atoms with van der Waals surface area (Å²) in [7, 11) is 0. The van der Waals surface area contributed by atoms with Crippen LogP contribution in [0, 0.1) is 0 Å². The van der Waals surface area contributed by atoms with E-state index in [-0.39, 0.29) is 12.4 Å². The summed E-state index contributed by atoms with van der Waals surface area (Å²) in [5.41, 5.74) is 1.58. The first-order chi connectivity index (χ1) is 11.8. The molecule has 0 spiro atoms. The van der Waals surface area contributed by atoms with E-state index in [0.29, 0.717) is 12.2 Å². The van der Waals surface area contributed by atoms with Crippen molar-refractivity contribution in [2.75, 3.05) is 13.2 Å². The first-order valence-electron chi connectivity index (χ1n) is 8.41. The van der Waals surface area contributed by atoms with Crippen molar-refractivity contribution in [3.63, 3.8) is 0 Å². The molecule has 2 aromatic carbocycles. The lowest BCUT2D eigenvalue weighted by Gasteiger charge is -2.09. The smallest absolute Gasteiger partial charge is 0.185 e. The van der Waals surface area contributed by atoms with Gasteiger partial charge in [0.25, 0.3) is 0 Å². The maximum atomic E-state index is 12.1. The van der Waals surface area contributed by atoms with Crippen LogP contribution < -0.4 is 4.74 Å². The van der Waals surface area contributed by atoms with Gasteiger partial charge in [-0.05, 0) is 37.5 Å². The van der Waals surface area contributed by atoms with Crippen LogP contribution in [0.3, 0.4) is 0 Å². The minimum Gasteiger partial charge on any atom is -0.493 e. The Bertz CT molecular complexity index is 647. The number of hydrogen-bond acceptors (Lipinski definition) is 3. The number of unbranched alkanes of at least 4 members (excludes halogenated alkanes) is 3. The highest BCUT2D eigenvalue weighted by atomic mass is 16.5. The maximum Gasteiger partial charge on any atom is 0.185 e. The Hall–Kier alpha value is -2.39. The fraction of sp³-hybridized carbons (Fsp3) is 0.286. The summed E-state index contributed by atoms with van der Waals surface area (Å²) in [6.45, 7) is 0.896. The first kappa shape index (κ1) is 18.0. The van der Waals surface area contributed by atoms with Gasteiger partial charge in [0.2, 0.25) is 0 Å². The molecule has 0 aromatic heterocycles. The van der Waals surface area contributed by atoms with Crippen molar-refractivity contribution in [3.05, 3.63) is 71.8 Å². The molecule has 0 aliphatic rings. The Morgan fingerprint density at radius 3 is 2.42 bits per heavy atom. The van der Waals surface area contributed by atoms with E-state index in [9.17, 15) is 4.79 Å². The van der Waals surface area contributed by atoms with Gasteiger partial charge in [-0.3, -0.25) is 4.79 Å². The third-order valence-corrected chi connectivity index (χ3v) is 3.70. The molecule has 0 radical (unpaired) electrons. The molecular formula is C21H24O3. The van der Waals surface area contributed by atoms with E-state index in [1.165, 1.54) is 0 Å². The SMILES string of the molecule is O=C(/C=C/c1ccccc1OCCCCCCO)c1ccccc1. The van der Waals surface area contributed by atoms with E-state index in [1.54, 1.807) is 12.2 Å². The molecule has 1 N–H and O–H groups in total. The van der Waals surface area contributed by atoms with Crippen molar-refractivity contribution in [3.8, 4) is 5.75 Å². The second-order valence-electron chi connectivity index (χ2n) is 5.59. The van der Waals surface area contributed by atoms with Gasteiger partial charge in [-0.2, -0.15) is 0 Å². The van der Waals surface area contributed by atoms with Crippen molar-refractivity contribution >= 4 is 11.9 Å². The van der Waals surface area contributed by atoms with Crippen molar-refractivity contribution in [1.29, 1.82) is 0 Å². The topological polar surface area (TPSA) is 46.5 Å². The zero-order valence-corrected chi connectivity index (χ0v) is 13.9. The Labute approximate surface area is 143 Å². The molecule has 0 atom stereocenters. The van der Waals surface area contributed by atoms with Crippen LogP contribution in [0.25, 0.3) is 6.08 Å². The van der Waals surface area contributed by atoms with Crippen LogP contribution in [0.15, 0.2) is 60.7 Å². The van der Waals surface area contributed by atoms with Crippen molar-refractivity contribution in [1.82, 2.24) is 0 Å². The van der Waals surface area contributed by atoms with Gasteiger partial charge in [-0.25, -0.2) is 0 Å². The number of ketones is 1. The molecule has 0 bridgehead atoms. The number of allylic oxidation sites excluding steroid dienone is 1. The second-order valence-corrected chi connectivity index (χ2v) is 5.59. The summed E-state index contributed by atoms with van der Waals surface area (Å²) in [6.07, 6.45) is 7.26. The number of aliphatic hydroxyl groups is 1. The van der Waals surface area contributed by atoms with E-state index < -0.39 is 0 Å². The summed E-state index contributed by atoms with van der Waals surface area (Å²) in [6, 6.07) is 16.9. The molecule has 0 amide bonds. The zero-order chi connectivity index (χ0) is 17.0. The van der Waals surface area contributed by atoms with E-state index in [0.717, 1.165) is 37.0 Å². The monoisotopic (exact) mass is 324 g/mol. The summed E-state index contributed by atoms with van der Waals surface area (Å²) < 4.78 is 5.83. The van der Waals surface area contributed by atoms with Crippen LogP contribution in [0.5, 0.6) is 5.75 Å². The lowest BCUT2D eigenvalue weighted by Crippen LogP contribution is -1.99. The summed E-state index contributed by atoms with van der Waals surface area (Å²) in [5, 5.41) is 8.76.